The molecular formula is C13H19N. The largest absolute Gasteiger partial charge is 0.316 e. The predicted octanol–water partition coefficient (Wildman–Crippen LogP) is 3.08. The van der Waals surface area contributed by atoms with Crippen molar-refractivity contribution >= 4 is 6.08 Å². The Bertz CT molecular complexity index is 283. The van der Waals surface area contributed by atoms with Crippen molar-refractivity contribution in [2.75, 3.05) is 7.05 Å². The highest BCUT2D eigenvalue weighted by Crippen LogP contribution is 2.07. The van der Waals surface area contributed by atoms with Crippen LogP contribution in [0.15, 0.2) is 30.3 Å². The number of benzene rings is 1. The fraction of sp³-hybridized carbons (Fsp3) is 0.385. The Morgan fingerprint density at radius 2 is 1.86 bits per heavy atom. The number of nitrogens with one attached hydrogen (secondary N) is 1. The summed E-state index contributed by atoms with van der Waals surface area (Å²) in [6.45, 7) is 5.31. The second-order valence-electron chi connectivity index (χ2n) is 3.88. The quantitative estimate of drug-likeness (QED) is 0.767. The lowest BCUT2D eigenvalue weighted by atomic mass is 10.1. The Morgan fingerprint density at radius 3 is 2.36 bits per heavy atom. The van der Waals surface area contributed by atoms with Gasteiger partial charge in [-0.1, -0.05) is 50.3 Å². The van der Waals surface area contributed by atoms with Gasteiger partial charge in [-0.05, 0) is 24.1 Å². The first-order valence-electron chi connectivity index (χ1n) is 5.14. The van der Waals surface area contributed by atoms with Crippen LogP contribution < -0.4 is 5.32 Å². The van der Waals surface area contributed by atoms with Crippen LogP contribution in [0.4, 0.5) is 0 Å². The van der Waals surface area contributed by atoms with E-state index in [-0.39, 0.29) is 0 Å². The molecular weight excluding hydrogens is 170 g/mol. The van der Waals surface area contributed by atoms with Crippen molar-refractivity contribution in [2.24, 2.45) is 5.92 Å². The van der Waals surface area contributed by atoms with E-state index in [1.807, 2.05) is 7.05 Å². The first-order valence-corrected chi connectivity index (χ1v) is 5.14. The molecule has 1 aromatic carbocycles. The standard InChI is InChI=1S/C13H19N/c1-11(2)4-5-12-6-8-13(9-7-12)10-14-3/h4-9,11,14H,10H2,1-3H3. The summed E-state index contributed by atoms with van der Waals surface area (Å²) in [5, 5.41) is 3.14. The number of hydrogen-bond acceptors (Lipinski definition) is 1. The molecule has 0 amide bonds. The van der Waals surface area contributed by atoms with Crippen molar-refractivity contribution in [3.05, 3.63) is 41.5 Å². The highest BCUT2D eigenvalue weighted by atomic mass is 14.8. The zero-order chi connectivity index (χ0) is 10.4. The maximum Gasteiger partial charge on any atom is 0.0202 e. The Balaban J connectivity index is 2.64. The molecule has 0 unspecified atom stereocenters. The lowest BCUT2D eigenvalue weighted by molar-refractivity contribution is 0.818. The summed E-state index contributed by atoms with van der Waals surface area (Å²) < 4.78 is 0. The molecule has 0 radical (unpaired) electrons. The average Bonchev–Trinajstić information content (AvgIpc) is 2.17. The van der Waals surface area contributed by atoms with Crippen LogP contribution in [0.25, 0.3) is 6.08 Å². The molecule has 0 aliphatic heterocycles. The average molecular weight is 189 g/mol. The van der Waals surface area contributed by atoms with E-state index in [0.717, 1.165) is 6.54 Å². The molecule has 1 nitrogen and oxygen atoms in total. The molecule has 0 atom stereocenters. The third-order valence-electron chi connectivity index (χ3n) is 2.03. The summed E-state index contributed by atoms with van der Waals surface area (Å²) in [7, 11) is 1.96. The molecule has 0 bridgehead atoms. The van der Waals surface area contributed by atoms with Gasteiger partial charge < -0.3 is 5.32 Å². The molecule has 0 aromatic heterocycles. The Hall–Kier alpha value is -1.08. The van der Waals surface area contributed by atoms with Gasteiger partial charge in [0.1, 0.15) is 0 Å². The first-order chi connectivity index (χ1) is 6.72. The van der Waals surface area contributed by atoms with E-state index in [2.05, 4.69) is 55.6 Å². The summed E-state index contributed by atoms with van der Waals surface area (Å²) in [4.78, 5) is 0. The second-order valence-corrected chi connectivity index (χ2v) is 3.88. The summed E-state index contributed by atoms with van der Waals surface area (Å²) in [5.41, 5.74) is 2.60. The fourth-order valence-corrected chi connectivity index (χ4v) is 1.25. The molecule has 14 heavy (non-hydrogen) atoms. The molecule has 1 aromatic rings. The van der Waals surface area contributed by atoms with Gasteiger partial charge in [-0.25, -0.2) is 0 Å². The molecule has 0 aliphatic carbocycles. The number of allylic oxidation sites excluding steroid dienone is 1. The lowest BCUT2D eigenvalue weighted by Gasteiger charge is -2.00. The van der Waals surface area contributed by atoms with Gasteiger partial charge in [0, 0.05) is 6.54 Å². The number of rotatable bonds is 4. The Labute approximate surface area is 86.8 Å². The van der Waals surface area contributed by atoms with Crippen molar-refractivity contribution in [1.29, 1.82) is 0 Å². The molecule has 1 rings (SSSR count). The molecule has 1 heteroatoms. The fourth-order valence-electron chi connectivity index (χ4n) is 1.25. The van der Waals surface area contributed by atoms with Crippen molar-refractivity contribution in [3.63, 3.8) is 0 Å². The smallest absolute Gasteiger partial charge is 0.0202 e. The molecule has 1 N–H and O–H groups in total. The molecule has 0 saturated heterocycles. The Kier molecular flexibility index (Phi) is 4.41. The van der Waals surface area contributed by atoms with Crippen LogP contribution >= 0.6 is 0 Å². The van der Waals surface area contributed by atoms with Gasteiger partial charge in [-0.15, -0.1) is 0 Å². The predicted molar refractivity (Wildman–Crippen MR) is 63.1 cm³/mol. The highest BCUT2D eigenvalue weighted by Gasteiger charge is 1.91. The summed E-state index contributed by atoms with van der Waals surface area (Å²) in [6, 6.07) is 8.64. The van der Waals surface area contributed by atoms with Crippen molar-refractivity contribution in [3.8, 4) is 0 Å². The van der Waals surface area contributed by atoms with E-state index in [0.29, 0.717) is 5.92 Å². The molecule has 0 fully saturated rings. The summed E-state index contributed by atoms with van der Waals surface area (Å²) >= 11 is 0. The Morgan fingerprint density at radius 1 is 1.21 bits per heavy atom. The van der Waals surface area contributed by atoms with Gasteiger partial charge in [0.2, 0.25) is 0 Å². The monoisotopic (exact) mass is 189 g/mol. The minimum atomic E-state index is 0.618. The van der Waals surface area contributed by atoms with Crippen LogP contribution in [0, 0.1) is 5.92 Å². The van der Waals surface area contributed by atoms with E-state index in [9.17, 15) is 0 Å². The van der Waals surface area contributed by atoms with Gasteiger partial charge in [0.15, 0.2) is 0 Å². The maximum absolute atomic E-state index is 3.14. The van der Waals surface area contributed by atoms with Crippen LogP contribution in [0.3, 0.4) is 0 Å². The van der Waals surface area contributed by atoms with Gasteiger partial charge in [0.25, 0.3) is 0 Å². The third-order valence-corrected chi connectivity index (χ3v) is 2.03. The first kappa shape index (κ1) is 11.0. The molecule has 0 saturated carbocycles. The lowest BCUT2D eigenvalue weighted by Crippen LogP contribution is -2.04. The van der Waals surface area contributed by atoms with Crippen LogP contribution in [0.1, 0.15) is 25.0 Å². The zero-order valence-corrected chi connectivity index (χ0v) is 9.25. The molecule has 0 heterocycles. The van der Waals surface area contributed by atoms with E-state index < -0.39 is 0 Å². The van der Waals surface area contributed by atoms with Gasteiger partial charge >= 0.3 is 0 Å². The molecule has 0 aliphatic rings. The van der Waals surface area contributed by atoms with E-state index in [1.165, 1.54) is 11.1 Å². The summed E-state index contributed by atoms with van der Waals surface area (Å²) in [5.74, 6) is 0.618. The zero-order valence-electron chi connectivity index (χ0n) is 9.25. The minimum absolute atomic E-state index is 0.618. The molecule has 76 valence electrons. The van der Waals surface area contributed by atoms with E-state index in [4.69, 9.17) is 0 Å². The van der Waals surface area contributed by atoms with Crippen LogP contribution in [0.5, 0.6) is 0 Å². The minimum Gasteiger partial charge on any atom is -0.316 e. The number of hydrogen-bond donors (Lipinski definition) is 1. The van der Waals surface area contributed by atoms with Gasteiger partial charge in [-0.2, -0.15) is 0 Å². The topological polar surface area (TPSA) is 12.0 Å². The maximum atomic E-state index is 3.14. The van der Waals surface area contributed by atoms with Gasteiger partial charge in [-0.3, -0.25) is 0 Å². The van der Waals surface area contributed by atoms with Crippen molar-refractivity contribution in [1.82, 2.24) is 5.32 Å². The normalized spacial score (nSPS) is 11.4. The summed E-state index contributed by atoms with van der Waals surface area (Å²) in [6.07, 6.45) is 4.39. The molecule has 0 spiro atoms. The van der Waals surface area contributed by atoms with Gasteiger partial charge in [0.05, 0.1) is 0 Å². The van der Waals surface area contributed by atoms with Crippen molar-refractivity contribution < 1.29 is 0 Å². The van der Waals surface area contributed by atoms with Crippen molar-refractivity contribution in [2.45, 2.75) is 20.4 Å². The van der Waals surface area contributed by atoms with E-state index >= 15 is 0 Å². The SMILES string of the molecule is CNCc1ccc(C=CC(C)C)cc1. The third kappa shape index (κ3) is 3.75. The van der Waals surface area contributed by atoms with Crippen LogP contribution in [-0.4, -0.2) is 7.05 Å². The highest BCUT2D eigenvalue weighted by molar-refractivity contribution is 5.49. The van der Waals surface area contributed by atoms with E-state index in [1.54, 1.807) is 0 Å². The van der Waals surface area contributed by atoms with Crippen LogP contribution in [-0.2, 0) is 6.54 Å². The second kappa shape index (κ2) is 5.61. The van der Waals surface area contributed by atoms with Crippen LogP contribution in [0.2, 0.25) is 0 Å².